The first kappa shape index (κ1) is 17.9. The van der Waals surface area contributed by atoms with Gasteiger partial charge in [0.1, 0.15) is 5.69 Å². The number of amides is 1. The second-order valence-corrected chi connectivity index (χ2v) is 7.61. The molecule has 2 aromatic rings. The molecule has 4 rings (SSSR count). The van der Waals surface area contributed by atoms with Crippen molar-refractivity contribution < 1.29 is 4.79 Å². The maximum absolute atomic E-state index is 12.9. The molecular weight excluding hydrogens is 340 g/mol. The first-order chi connectivity index (χ1) is 13.3. The molecule has 2 aliphatic rings. The van der Waals surface area contributed by atoms with E-state index in [-0.39, 0.29) is 5.91 Å². The highest BCUT2D eigenvalue weighted by molar-refractivity contribution is 5.92. The monoisotopic (exact) mass is 368 g/mol. The SMILES string of the molecule is CCCn1nccc1C(=O)N1CCC(C2CCN(c3ncccn3)CC2)C1. The Morgan fingerprint density at radius 2 is 1.81 bits per heavy atom. The van der Waals surface area contributed by atoms with Gasteiger partial charge in [-0.05, 0) is 49.7 Å². The average Bonchev–Trinajstić information content (AvgIpc) is 3.39. The van der Waals surface area contributed by atoms with Gasteiger partial charge in [0, 0.05) is 51.3 Å². The van der Waals surface area contributed by atoms with Crippen molar-refractivity contribution in [3.8, 4) is 0 Å². The molecule has 2 aromatic heterocycles. The van der Waals surface area contributed by atoms with Gasteiger partial charge >= 0.3 is 0 Å². The molecule has 0 bridgehead atoms. The highest BCUT2D eigenvalue weighted by atomic mass is 16.2. The lowest BCUT2D eigenvalue weighted by Gasteiger charge is -2.34. The molecule has 0 radical (unpaired) electrons. The first-order valence-corrected chi connectivity index (χ1v) is 10.1. The molecule has 0 saturated carbocycles. The molecule has 7 nitrogen and oxygen atoms in total. The third-order valence-corrected chi connectivity index (χ3v) is 5.92. The van der Waals surface area contributed by atoms with Crippen molar-refractivity contribution in [2.24, 2.45) is 11.8 Å². The van der Waals surface area contributed by atoms with Gasteiger partial charge in [-0.25, -0.2) is 9.97 Å². The lowest BCUT2D eigenvalue weighted by atomic mass is 9.84. The van der Waals surface area contributed by atoms with Gasteiger partial charge in [0.25, 0.3) is 5.91 Å². The van der Waals surface area contributed by atoms with E-state index >= 15 is 0 Å². The second kappa shape index (κ2) is 8.06. The van der Waals surface area contributed by atoms with Crippen LogP contribution < -0.4 is 4.90 Å². The normalized spacial score (nSPS) is 21.0. The lowest BCUT2D eigenvalue weighted by Crippen LogP contribution is -2.38. The summed E-state index contributed by atoms with van der Waals surface area (Å²) < 4.78 is 1.84. The van der Waals surface area contributed by atoms with Gasteiger partial charge in [0.2, 0.25) is 5.95 Å². The molecule has 2 aliphatic heterocycles. The zero-order valence-electron chi connectivity index (χ0n) is 16.0. The molecule has 4 heterocycles. The van der Waals surface area contributed by atoms with E-state index in [0.29, 0.717) is 11.8 Å². The van der Waals surface area contributed by atoms with Crippen LogP contribution in [-0.4, -0.2) is 56.7 Å². The Labute approximate surface area is 160 Å². The van der Waals surface area contributed by atoms with Crippen LogP contribution >= 0.6 is 0 Å². The Morgan fingerprint density at radius 1 is 1.07 bits per heavy atom. The van der Waals surface area contributed by atoms with E-state index in [1.165, 1.54) is 0 Å². The third kappa shape index (κ3) is 3.82. The Kier molecular flexibility index (Phi) is 5.36. The number of piperidine rings is 1. The quantitative estimate of drug-likeness (QED) is 0.811. The van der Waals surface area contributed by atoms with E-state index in [0.717, 1.165) is 70.0 Å². The molecule has 1 unspecified atom stereocenters. The summed E-state index contributed by atoms with van der Waals surface area (Å²) in [6.07, 6.45) is 9.74. The van der Waals surface area contributed by atoms with Crippen molar-refractivity contribution >= 4 is 11.9 Å². The molecule has 0 aliphatic carbocycles. The summed E-state index contributed by atoms with van der Waals surface area (Å²) in [4.78, 5) is 25.9. The van der Waals surface area contributed by atoms with Gasteiger partial charge in [0.15, 0.2) is 0 Å². The smallest absolute Gasteiger partial charge is 0.272 e. The Morgan fingerprint density at radius 3 is 2.56 bits per heavy atom. The van der Waals surface area contributed by atoms with Crippen molar-refractivity contribution in [1.82, 2.24) is 24.6 Å². The lowest BCUT2D eigenvalue weighted by molar-refractivity contribution is 0.0768. The maximum atomic E-state index is 12.9. The first-order valence-electron chi connectivity index (χ1n) is 10.1. The van der Waals surface area contributed by atoms with Crippen molar-refractivity contribution in [1.29, 1.82) is 0 Å². The maximum Gasteiger partial charge on any atom is 0.272 e. The molecule has 2 fully saturated rings. The summed E-state index contributed by atoms with van der Waals surface area (Å²) in [6.45, 7) is 6.65. The number of rotatable bonds is 5. The summed E-state index contributed by atoms with van der Waals surface area (Å²) in [5.74, 6) is 2.26. The average molecular weight is 368 g/mol. The van der Waals surface area contributed by atoms with Gasteiger partial charge in [-0.2, -0.15) is 5.10 Å². The van der Waals surface area contributed by atoms with Crippen LogP contribution in [0.4, 0.5) is 5.95 Å². The van der Waals surface area contributed by atoms with E-state index in [2.05, 4.69) is 26.9 Å². The summed E-state index contributed by atoms with van der Waals surface area (Å²) >= 11 is 0. The van der Waals surface area contributed by atoms with Gasteiger partial charge in [0.05, 0.1) is 0 Å². The predicted octanol–water partition coefficient (Wildman–Crippen LogP) is 2.46. The second-order valence-electron chi connectivity index (χ2n) is 7.61. The number of hydrogen-bond acceptors (Lipinski definition) is 5. The zero-order chi connectivity index (χ0) is 18.6. The van der Waals surface area contributed by atoms with Crippen LogP contribution in [0.5, 0.6) is 0 Å². The van der Waals surface area contributed by atoms with Crippen LogP contribution in [0.15, 0.2) is 30.7 Å². The van der Waals surface area contributed by atoms with E-state index in [1.807, 2.05) is 21.7 Å². The predicted molar refractivity (Wildman–Crippen MR) is 103 cm³/mol. The molecule has 0 aromatic carbocycles. The van der Waals surface area contributed by atoms with Crippen molar-refractivity contribution in [3.05, 3.63) is 36.4 Å². The highest BCUT2D eigenvalue weighted by Gasteiger charge is 2.35. The molecule has 7 heteroatoms. The van der Waals surface area contributed by atoms with Gasteiger partial charge < -0.3 is 9.80 Å². The number of nitrogens with zero attached hydrogens (tertiary/aromatic N) is 6. The Balaban J connectivity index is 1.32. The fourth-order valence-corrected chi connectivity index (χ4v) is 4.45. The number of carbonyl (C=O) groups is 1. The molecule has 1 atom stereocenters. The number of aromatic nitrogens is 4. The summed E-state index contributed by atoms with van der Waals surface area (Å²) in [5.41, 5.74) is 0.730. The standard InChI is InChI=1S/C20H28N6O/c1-2-11-26-18(4-10-23-26)19(27)25-14-7-17(15-25)16-5-12-24(13-6-16)20-21-8-3-9-22-20/h3-4,8-10,16-17H,2,5-7,11-15H2,1H3. The minimum atomic E-state index is 0.138. The third-order valence-electron chi connectivity index (χ3n) is 5.92. The van der Waals surface area contributed by atoms with E-state index in [9.17, 15) is 4.79 Å². The summed E-state index contributed by atoms with van der Waals surface area (Å²) in [5, 5.41) is 4.30. The molecule has 144 valence electrons. The highest BCUT2D eigenvalue weighted by Crippen LogP contribution is 2.33. The number of likely N-dealkylation sites (tertiary alicyclic amines) is 1. The van der Waals surface area contributed by atoms with Crippen LogP contribution in [0.1, 0.15) is 43.1 Å². The summed E-state index contributed by atoms with van der Waals surface area (Å²) in [6, 6.07) is 3.70. The molecular formula is C20H28N6O. The van der Waals surface area contributed by atoms with Crippen LogP contribution in [-0.2, 0) is 6.54 Å². The number of anilines is 1. The summed E-state index contributed by atoms with van der Waals surface area (Å²) in [7, 11) is 0. The fourth-order valence-electron chi connectivity index (χ4n) is 4.45. The van der Waals surface area contributed by atoms with Crippen LogP contribution in [0.3, 0.4) is 0 Å². The number of carbonyl (C=O) groups excluding carboxylic acids is 1. The van der Waals surface area contributed by atoms with Crippen molar-refractivity contribution in [2.75, 3.05) is 31.1 Å². The van der Waals surface area contributed by atoms with E-state index in [1.54, 1.807) is 18.6 Å². The topological polar surface area (TPSA) is 67.2 Å². The minimum absolute atomic E-state index is 0.138. The van der Waals surface area contributed by atoms with Crippen molar-refractivity contribution in [2.45, 2.75) is 39.2 Å². The number of hydrogen-bond donors (Lipinski definition) is 0. The molecule has 27 heavy (non-hydrogen) atoms. The fraction of sp³-hybridized carbons (Fsp3) is 0.600. The van der Waals surface area contributed by atoms with Crippen molar-refractivity contribution in [3.63, 3.8) is 0 Å². The van der Waals surface area contributed by atoms with E-state index < -0.39 is 0 Å². The molecule has 0 N–H and O–H groups in total. The van der Waals surface area contributed by atoms with Gasteiger partial charge in [-0.1, -0.05) is 6.92 Å². The molecule has 0 spiro atoms. The van der Waals surface area contributed by atoms with E-state index in [4.69, 9.17) is 0 Å². The zero-order valence-corrected chi connectivity index (χ0v) is 16.0. The minimum Gasteiger partial charge on any atom is -0.341 e. The molecule has 2 saturated heterocycles. The Hall–Kier alpha value is -2.44. The van der Waals surface area contributed by atoms with Gasteiger partial charge in [-0.3, -0.25) is 9.48 Å². The molecule has 1 amide bonds. The van der Waals surface area contributed by atoms with Gasteiger partial charge in [-0.15, -0.1) is 0 Å². The number of aryl methyl sites for hydroxylation is 1. The van der Waals surface area contributed by atoms with Crippen LogP contribution in [0.2, 0.25) is 0 Å². The van der Waals surface area contributed by atoms with Crippen LogP contribution in [0.25, 0.3) is 0 Å². The largest absolute Gasteiger partial charge is 0.341 e. The Bertz CT molecular complexity index is 753. The van der Waals surface area contributed by atoms with Crippen LogP contribution in [0, 0.1) is 11.8 Å².